The fourth-order valence-electron chi connectivity index (χ4n) is 2.83. The average Bonchev–Trinajstić information content (AvgIpc) is 3.14. The summed E-state index contributed by atoms with van der Waals surface area (Å²) in [5, 5.41) is 2.83. The van der Waals surface area contributed by atoms with Crippen LogP contribution in [-0.2, 0) is 16.0 Å². The van der Waals surface area contributed by atoms with E-state index in [4.69, 9.17) is 0 Å². The number of aromatic amines is 1. The summed E-state index contributed by atoms with van der Waals surface area (Å²) in [4.78, 5) is 29.5. The Kier molecular flexibility index (Phi) is 7.93. The lowest BCUT2D eigenvalue weighted by Crippen LogP contribution is -2.41. The fourth-order valence-corrected chi connectivity index (χ4v) is 2.83. The molecule has 1 heterocycles. The first-order valence-electron chi connectivity index (χ1n) is 9.41. The van der Waals surface area contributed by atoms with Crippen LogP contribution in [0, 0.1) is 0 Å². The first kappa shape index (κ1) is 19.8. The van der Waals surface area contributed by atoms with Gasteiger partial charge in [-0.05, 0) is 37.0 Å². The van der Waals surface area contributed by atoms with Gasteiger partial charge in [0, 0.05) is 30.9 Å². The number of nitrogens with zero attached hydrogens (tertiary/aromatic N) is 1. The predicted molar refractivity (Wildman–Crippen MR) is 105 cm³/mol. The van der Waals surface area contributed by atoms with Crippen molar-refractivity contribution >= 4 is 11.8 Å². The summed E-state index contributed by atoms with van der Waals surface area (Å²) in [5.74, 6) is -0.0609. The normalized spacial score (nSPS) is 10.5. The number of nitrogens with one attached hydrogen (secondary N) is 2. The van der Waals surface area contributed by atoms with E-state index in [1.807, 2.05) is 44.2 Å². The minimum Gasteiger partial charge on any atom is -0.358 e. The van der Waals surface area contributed by atoms with Crippen LogP contribution in [-0.4, -0.2) is 41.3 Å². The molecule has 26 heavy (non-hydrogen) atoms. The molecule has 0 saturated carbocycles. The van der Waals surface area contributed by atoms with E-state index in [0.717, 1.165) is 29.8 Å². The number of aromatic nitrogens is 1. The minimum atomic E-state index is -0.0834. The van der Waals surface area contributed by atoms with Gasteiger partial charge in [-0.2, -0.15) is 0 Å². The van der Waals surface area contributed by atoms with Gasteiger partial charge in [-0.3, -0.25) is 9.59 Å². The van der Waals surface area contributed by atoms with Gasteiger partial charge in [0.2, 0.25) is 11.8 Å². The van der Waals surface area contributed by atoms with Crippen molar-refractivity contribution in [3.63, 3.8) is 0 Å². The number of carbonyl (C=O) groups excluding carboxylic acids is 2. The molecule has 5 nitrogen and oxygen atoms in total. The van der Waals surface area contributed by atoms with Crippen LogP contribution in [0.1, 0.15) is 38.8 Å². The lowest BCUT2D eigenvalue weighted by atomic mass is 10.2. The summed E-state index contributed by atoms with van der Waals surface area (Å²) >= 11 is 0. The highest BCUT2D eigenvalue weighted by Crippen LogP contribution is 2.18. The molecule has 0 unspecified atom stereocenters. The predicted octanol–water partition coefficient (Wildman–Crippen LogP) is 3.38. The Hall–Kier alpha value is -2.56. The first-order valence-corrected chi connectivity index (χ1v) is 9.41. The molecule has 0 radical (unpaired) electrons. The van der Waals surface area contributed by atoms with E-state index in [1.54, 1.807) is 4.90 Å². The van der Waals surface area contributed by atoms with Crippen molar-refractivity contribution in [1.29, 1.82) is 0 Å². The fraction of sp³-hybridized carbons (Fsp3) is 0.429. The zero-order chi connectivity index (χ0) is 18.8. The van der Waals surface area contributed by atoms with Gasteiger partial charge in [-0.1, -0.05) is 44.2 Å². The first-order chi connectivity index (χ1) is 12.6. The third-order valence-electron chi connectivity index (χ3n) is 4.19. The number of carbonyl (C=O) groups is 2. The molecule has 0 atom stereocenters. The van der Waals surface area contributed by atoms with Crippen molar-refractivity contribution in [2.75, 3.05) is 19.6 Å². The van der Waals surface area contributed by atoms with E-state index in [-0.39, 0.29) is 18.4 Å². The van der Waals surface area contributed by atoms with Crippen molar-refractivity contribution in [3.8, 4) is 11.3 Å². The van der Waals surface area contributed by atoms with Crippen LogP contribution in [0.2, 0.25) is 0 Å². The van der Waals surface area contributed by atoms with Gasteiger partial charge < -0.3 is 15.2 Å². The van der Waals surface area contributed by atoms with Gasteiger partial charge >= 0.3 is 0 Å². The number of hydrogen-bond donors (Lipinski definition) is 2. The Balaban J connectivity index is 1.89. The lowest BCUT2D eigenvalue weighted by molar-refractivity contribution is -0.136. The molecule has 0 aliphatic rings. The highest BCUT2D eigenvalue weighted by atomic mass is 16.2. The third kappa shape index (κ3) is 6.06. The summed E-state index contributed by atoms with van der Waals surface area (Å²) in [6.45, 7) is 5.43. The van der Waals surface area contributed by atoms with Crippen molar-refractivity contribution < 1.29 is 9.59 Å². The molecule has 0 aliphatic carbocycles. The second-order valence-corrected chi connectivity index (χ2v) is 6.43. The van der Waals surface area contributed by atoms with Gasteiger partial charge in [0.05, 0.1) is 6.54 Å². The molecular weight excluding hydrogens is 326 g/mol. The molecule has 140 valence electrons. The summed E-state index contributed by atoms with van der Waals surface area (Å²) < 4.78 is 0. The molecule has 2 rings (SSSR count). The Morgan fingerprint density at radius 3 is 2.50 bits per heavy atom. The van der Waals surface area contributed by atoms with Crippen molar-refractivity contribution in [2.24, 2.45) is 0 Å². The van der Waals surface area contributed by atoms with Gasteiger partial charge in [0.25, 0.3) is 0 Å². The molecule has 2 N–H and O–H groups in total. The maximum atomic E-state index is 12.5. The zero-order valence-corrected chi connectivity index (χ0v) is 15.8. The maximum Gasteiger partial charge on any atom is 0.239 e. The summed E-state index contributed by atoms with van der Waals surface area (Å²) in [7, 11) is 0. The van der Waals surface area contributed by atoms with Crippen LogP contribution < -0.4 is 5.32 Å². The topological polar surface area (TPSA) is 65.2 Å². The Bertz CT molecular complexity index is 694. The molecule has 1 aromatic heterocycles. The van der Waals surface area contributed by atoms with Crippen LogP contribution in [0.4, 0.5) is 0 Å². The van der Waals surface area contributed by atoms with E-state index in [9.17, 15) is 9.59 Å². The largest absolute Gasteiger partial charge is 0.358 e. The Labute approximate surface area is 155 Å². The maximum absolute atomic E-state index is 12.5. The quantitative estimate of drug-likeness (QED) is 0.686. The Morgan fingerprint density at radius 2 is 1.81 bits per heavy atom. The molecule has 2 amide bonds. The number of benzene rings is 1. The molecule has 0 bridgehead atoms. The number of amides is 2. The van der Waals surface area contributed by atoms with Crippen LogP contribution >= 0.6 is 0 Å². The van der Waals surface area contributed by atoms with Gasteiger partial charge in [0.15, 0.2) is 0 Å². The summed E-state index contributed by atoms with van der Waals surface area (Å²) in [6, 6.07) is 14.2. The second kappa shape index (κ2) is 10.4. The van der Waals surface area contributed by atoms with Crippen LogP contribution in [0.25, 0.3) is 11.3 Å². The number of hydrogen-bond acceptors (Lipinski definition) is 2. The molecule has 1 aromatic carbocycles. The van der Waals surface area contributed by atoms with Gasteiger partial charge in [0.1, 0.15) is 0 Å². The van der Waals surface area contributed by atoms with E-state index in [0.29, 0.717) is 25.9 Å². The van der Waals surface area contributed by atoms with E-state index >= 15 is 0 Å². The Morgan fingerprint density at radius 1 is 1.04 bits per heavy atom. The molecule has 0 spiro atoms. The highest BCUT2D eigenvalue weighted by molar-refractivity contribution is 5.84. The molecule has 2 aromatic rings. The van der Waals surface area contributed by atoms with Crippen LogP contribution in [0.3, 0.4) is 0 Å². The van der Waals surface area contributed by atoms with E-state index in [1.165, 1.54) is 0 Å². The molecule has 5 heteroatoms. The zero-order valence-electron chi connectivity index (χ0n) is 15.8. The number of rotatable bonds is 10. The van der Waals surface area contributed by atoms with Crippen molar-refractivity contribution in [3.05, 3.63) is 48.2 Å². The van der Waals surface area contributed by atoms with Gasteiger partial charge in [-0.25, -0.2) is 0 Å². The standard InChI is InChI=1S/C21H29N3O2/c1-3-14-22-20(25)16-24(15-4-2)21(26)13-11-18-10-12-19(23-18)17-8-6-5-7-9-17/h5-10,12,23H,3-4,11,13-16H2,1-2H3,(H,22,25). The summed E-state index contributed by atoms with van der Waals surface area (Å²) in [6.07, 6.45) is 2.77. The highest BCUT2D eigenvalue weighted by Gasteiger charge is 2.16. The average molecular weight is 355 g/mol. The SMILES string of the molecule is CCCNC(=O)CN(CCC)C(=O)CCc1ccc(-c2ccccc2)[nH]1. The minimum absolute atomic E-state index is 0.0226. The monoisotopic (exact) mass is 355 g/mol. The van der Waals surface area contributed by atoms with E-state index < -0.39 is 0 Å². The molecule has 0 fully saturated rings. The number of H-pyrrole nitrogens is 1. The summed E-state index contributed by atoms with van der Waals surface area (Å²) in [5.41, 5.74) is 3.21. The molecule has 0 aliphatic heterocycles. The van der Waals surface area contributed by atoms with Crippen LogP contribution in [0.15, 0.2) is 42.5 Å². The van der Waals surface area contributed by atoms with Gasteiger partial charge in [-0.15, -0.1) is 0 Å². The molecule has 0 saturated heterocycles. The van der Waals surface area contributed by atoms with E-state index in [2.05, 4.69) is 22.4 Å². The second-order valence-electron chi connectivity index (χ2n) is 6.43. The van der Waals surface area contributed by atoms with Crippen molar-refractivity contribution in [2.45, 2.75) is 39.5 Å². The van der Waals surface area contributed by atoms with Crippen LogP contribution in [0.5, 0.6) is 0 Å². The third-order valence-corrected chi connectivity index (χ3v) is 4.19. The van der Waals surface area contributed by atoms with Crippen molar-refractivity contribution in [1.82, 2.24) is 15.2 Å². The lowest BCUT2D eigenvalue weighted by Gasteiger charge is -2.21. The number of aryl methyl sites for hydroxylation is 1. The smallest absolute Gasteiger partial charge is 0.239 e. The molecular formula is C21H29N3O2.